The number of carbonyl (C=O) groups excluding carboxylic acids is 1. The zero-order chi connectivity index (χ0) is 14.4. The Labute approximate surface area is 118 Å². The Balaban J connectivity index is 1.80. The number of aryl methyl sites for hydroxylation is 2. The molecule has 104 valence electrons. The van der Waals surface area contributed by atoms with Crippen LogP contribution in [0.3, 0.4) is 0 Å². The molecular weight excluding hydrogens is 252 g/mol. The first-order chi connectivity index (χ1) is 9.66. The Morgan fingerprint density at radius 2 is 1.90 bits per heavy atom. The van der Waals surface area contributed by atoms with Crippen LogP contribution in [0.1, 0.15) is 22.3 Å². The zero-order valence-electron chi connectivity index (χ0n) is 11.5. The Morgan fingerprint density at radius 1 is 1.15 bits per heavy atom. The van der Waals surface area contributed by atoms with Crippen LogP contribution in [0.4, 0.5) is 0 Å². The van der Waals surface area contributed by atoms with E-state index in [1.54, 1.807) is 19.3 Å². The molecule has 0 aliphatic carbocycles. The minimum atomic E-state index is -0.145. The van der Waals surface area contributed by atoms with Gasteiger partial charge in [-0.3, -0.25) is 9.59 Å². The summed E-state index contributed by atoms with van der Waals surface area (Å²) >= 11 is 0. The number of nitrogens with one attached hydrogen (secondary N) is 1. The predicted molar refractivity (Wildman–Crippen MR) is 78.8 cm³/mol. The first-order valence-corrected chi connectivity index (χ1v) is 6.65. The van der Waals surface area contributed by atoms with Crippen molar-refractivity contribution < 1.29 is 4.79 Å². The van der Waals surface area contributed by atoms with Crippen molar-refractivity contribution >= 4 is 5.91 Å². The van der Waals surface area contributed by atoms with Gasteiger partial charge in [-0.2, -0.15) is 0 Å². The number of carbonyl (C=O) groups is 1. The van der Waals surface area contributed by atoms with Gasteiger partial charge in [0.1, 0.15) is 0 Å². The second-order valence-electron chi connectivity index (χ2n) is 4.71. The van der Waals surface area contributed by atoms with Crippen molar-refractivity contribution in [1.82, 2.24) is 9.88 Å². The predicted octanol–water partition coefficient (Wildman–Crippen LogP) is 1.75. The number of amides is 1. The molecule has 1 amide bonds. The highest BCUT2D eigenvalue weighted by Gasteiger charge is 2.05. The minimum Gasteiger partial charge on any atom is -0.352 e. The highest BCUT2D eigenvalue weighted by molar-refractivity contribution is 5.93. The number of nitrogens with zero attached hydrogens (tertiary/aromatic N) is 1. The van der Waals surface area contributed by atoms with Gasteiger partial charge in [-0.15, -0.1) is 0 Å². The second kappa shape index (κ2) is 6.70. The lowest BCUT2D eigenvalue weighted by atomic mass is 10.1. The molecular formula is C16H18N2O2. The summed E-state index contributed by atoms with van der Waals surface area (Å²) in [6.07, 6.45) is 3.38. The molecule has 0 atom stereocenters. The highest BCUT2D eigenvalue weighted by Crippen LogP contribution is 2.02. The highest BCUT2D eigenvalue weighted by atomic mass is 16.1. The fourth-order valence-corrected chi connectivity index (χ4v) is 1.97. The average Bonchev–Trinajstić information content (AvgIpc) is 2.47. The molecule has 4 nitrogen and oxygen atoms in total. The van der Waals surface area contributed by atoms with Crippen molar-refractivity contribution in [2.45, 2.75) is 12.8 Å². The van der Waals surface area contributed by atoms with Crippen LogP contribution in [0, 0.1) is 0 Å². The average molecular weight is 270 g/mol. The van der Waals surface area contributed by atoms with E-state index in [1.807, 2.05) is 18.2 Å². The number of hydrogen-bond acceptors (Lipinski definition) is 2. The maximum absolute atomic E-state index is 11.9. The first kappa shape index (κ1) is 14.1. The molecule has 0 bridgehead atoms. The molecule has 0 fully saturated rings. The molecule has 0 aliphatic rings. The maximum Gasteiger partial charge on any atom is 0.252 e. The van der Waals surface area contributed by atoms with Gasteiger partial charge in [0.25, 0.3) is 5.91 Å². The third kappa shape index (κ3) is 3.82. The minimum absolute atomic E-state index is 0.120. The topological polar surface area (TPSA) is 51.1 Å². The van der Waals surface area contributed by atoms with Crippen LogP contribution in [0.25, 0.3) is 0 Å². The molecule has 1 heterocycles. The SMILES string of the molecule is Cn1cc(C(=O)NCCCc2ccccc2)ccc1=O. The van der Waals surface area contributed by atoms with Crippen LogP contribution in [-0.2, 0) is 13.5 Å². The molecule has 0 aliphatic heterocycles. The van der Waals surface area contributed by atoms with Gasteiger partial charge in [0.15, 0.2) is 0 Å². The van der Waals surface area contributed by atoms with Crippen molar-refractivity contribution in [2.24, 2.45) is 7.05 Å². The van der Waals surface area contributed by atoms with Crippen LogP contribution in [-0.4, -0.2) is 17.0 Å². The van der Waals surface area contributed by atoms with Gasteiger partial charge in [0, 0.05) is 25.9 Å². The largest absolute Gasteiger partial charge is 0.352 e. The Hall–Kier alpha value is -2.36. The molecule has 2 aromatic rings. The lowest BCUT2D eigenvalue weighted by Gasteiger charge is -2.06. The van der Waals surface area contributed by atoms with E-state index >= 15 is 0 Å². The lowest BCUT2D eigenvalue weighted by molar-refractivity contribution is 0.0952. The summed E-state index contributed by atoms with van der Waals surface area (Å²) in [4.78, 5) is 23.1. The fraction of sp³-hybridized carbons (Fsp3) is 0.250. The molecule has 20 heavy (non-hydrogen) atoms. The van der Waals surface area contributed by atoms with E-state index in [-0.39, 0.29) is 11.5 Å². The quantitative estimate of drug-likeness (QED) is 0.841. The summed E-state index contributed by atoms with van der Waals surface area (Å²) in [5, 5.41) is 2.86. The third-order valence-corrected chi connectivity index (χ3v) is 3.12. The van der Waals surface area contributed by atoms with Gasteiger partial charge in [-0.05, 0) is 24.5 Å². The molecule has 0 radical (unpaired) electrons. The molecule has 4 heteroatoms. The molecule has 1 N–H and O–H groups in total. The molecule has 0 unspecified atom stereocenters. The van der Waals surface area contributed by atoms with Crippen molar-refractivity contribution in [3.8, 4) is 0 Å². The van der Waals surface area contributed by atoms with Gasteiger partial charge in [-0.25, -0.2) is 0 Å². The normalized spacial score (nSPS) is 10.2. The summed E-state index contributed by atoms with van der Waals surface area (Å²) in [7, 11) is 1.63. The van der Waals surface area contributed by atoms with E-state index in [1.165, 1.54) is 16.2 Å². The smallest absolute Gasteiger partial charge is 0.252 e. The number of pyridine rings is 1. The molecule has 0 saturated carbocycles. The van der Waals surface area contributed by atoms with Crippen LogP contribution >= 0.6 is 0 Å². The van der Waals surface area contributed by atoms with E-state index in [0.29, 0.717) is 12.1 Å². The Morgan fingerprint density at radius 3 is 2.60 bits per heavy atom. The molecule has 0 spiro atoms. The number of rotatable bonds is 5. The van der Waals surface area contributed by atoms with Gasteiger partial charge < -0.3 is 9.88 Å². The van der Waals surface area contributed by atoms with Crippen molar-refractivity contribution in [3.05, 3.63) is 70.1 Å². The monoisotopic (exact) mass is 270 g/mol. The second-order valence-corrected chi connectivity index (χ2v) is 4.71. The van der Waals surface area contributed by atoms with E-state index in [4.69, 9.17) is 0 Å². The fourth-order valence-electron chi connectivity index (χ4n) is 1.97. The standard InChI is InChI=1S/C16H18N2O2/c1-18-12-14(9-10-15(18)19)16(20)17-11-5-8-13-6-3-2-4-7-13/h2-4,6-7,9-10,12H,5,8,11H2,1H3,(H,17,20). The van der Waals surface area contributed by atoms with Crippen molar-refractivity contribution in [1.29, 1.82) is 0 Å². The Bertz CT molecular complexity index is 632. The van der Waals surface area contributed by atoms with Gasteiger partial charge in [0.2, 0.25) is 5.56 Å². The summed E-state index contributed by atoms with van der Waals surface area (Å²) < 4.78 is 1.40. The van der Waals surface area contributed by atoms with E-state index < -0.39 is 0 Å². The van der Waals surface area contributed by atoms with Crippen molar-refractivity contribution in [2.75, 3.05) is 6.54 Å². The molecule has 1 aromatic carbocycles. The summed E-state index contributed by atoms with van der Waals surface area (Å²) in [5.41, 5.74) is 1.65. The first-order valence-electron chi connectivity index (χ1n) is 6.65. The van der Waals surface area contributed by atoms with E-state index in [0.717, 1.165) is 12.8 Å². The maximum atomic E-state index is 11.9. The van der Waals surface area contributed by atoms with E-state index in [9.17, 15) is 9.59 Å². The van der Waals surface area contributed by atoms with Crippen LogP contribution < -0.4 is 10.9 Å². The molecule has 1 aromatic heterocycles. The number of aromatic nitrogens is 1. The summed E-state index contributed by atoms with van der Waals surface area (Å²) in [6, 6.07) is 13.1. The number of benzene rings is 1. The van der Waals surface area contributed by atoms with Gasteiger partial charge >= 0.3 is 0 Å². The van der Waals surface area contributed by atoms with Crippen LogP contribution in [0.15, 0.2) is 53.5 Å². The molecule has 0 saturated heterocycles. The summed E-state index contributed by atoms with van der Waals surface area (Å²) in [6.45, 7) is 0.622. The molecule has 2 rings (SSSR count). The van der Waals surface area contributed by atoms with Gasteiger partial charge in [0.05, 0.1) is 5.56 Å². The van der Waals surface area contributed by atoms with Gasteiger partial charge in [-0.1, -0.05) is 30.3 Å². The van der Waals surface area contributed by atoms with Crippen LogP contribution in [0.2, 0.25) is 0 Å². The van der Waals surface area contributed by atoms with E-state index in [2.05, 4.69) is 17.4 Å². The van der Waals surface area contributed by atoms with Crippen LogP contribution in [0.5, 0.6) is 0 Å². The number of hydrogen-bond donors (Lipinski definition) is 1. The lowest BCUT2D eigenvalue weighted by Crippen LogP contribution is -2.26. The summed E-state index contributed by atoms with van der Waals surface area (Å²) in [5.74, 6) is -0.145. The third-order valence-electron chi connectivity index (χ3n) is 3.12. The zero-order valence-corrected chi connectivity index (χ0v) is 11.5. The van der Waals surface area contributed by atoms with Crippen molar-refractivity contribution in [3.63, 3.8) is 0 Å². The Kier molecular flexibility index (Phi) is 4.71.